The molecule has 2 atom stereocenters. The molecular formula is C84H163NO5. The molecule has 6 heteroatoms. The zero-order valence-electron chi connectivity index (χ0n) is 61.4. The highest BCUT2D eigenvalue weighted by Crippen LogP contribution is 2.20. The van der Waals surface area contributed by atoms with Gasteiger partial charge in [0.2, 0.25) is 5.91 Å². The quantitative estimate of drug-likeness (QED) is 0.0320. The zero-order chi connectivity index (χ0) is 64.9. The van der Waals surface area contributed by atoms with Crippen molar-refractivity contribution in [2.45, 2.75) is 488 Å². The van der Waals surface area contributed by atoms with Crippen LogP contribution in [0, 0.1) is 0 Å². The number of hydrogen-bond donors (Lipinski definition) is 3. The standard InChI is InChI=1S/C84H163NO5/c1-3-5-7-9-11-13-15-17-19-21-22-23-35-38-41-45-48-52-56-60-64-68-72-76-82(87)81(80-86)85-83(88)77-73-69-65-61-57-53-49-46-42-39-36-33-31-29-27-25-24-26-28-30-32-34-37-40-43-47-51-55-59-63-67-71-75-79-90-84(89)78-74-70-66-62-58-54-50-44-20-18-16-14-12-10-8-6-4-2/h28,30,72,76,81-82,86-87H,3-27,29,31-71,73-75,77-80H2,1-2H3,(H,85,88)/b30-28-,76-72+. The molecule has 0 aromatic heterocycles. The first-order valence-electron chi connectivity index (χ1n) is 41.6. The van der Waals surface area contributed by atoms with Crippen molar-refractivity contribution in [2.75, 3.05) is 13.2 Å². The third kappa shape index (κ3) is 75.4. The van der Waals surface area contributed by atoms with Gasteiger partial charge in [0, 0.05) is 12.8 Å². The lowest BCUT2D eigenvalue weighted by atomic mass is 10.0. The van der Waals surface area contributed by atoms with E-state index in [1.807, 2.05) is 6.08 Å². The lowest BCUT2D eigenvalue weighted by Crippen LogP contribution is -2.45. The van der Waals surface area contributed by atoms with Crippen LogP contribution in [0.1, 0.15) is 476 Å². The average molecular weight is 1270 g/mol. The number of aliphatic hydroxyl groups excluding tert-OH is 2. The average Bonchev–Trinajstić information content (AvgIpc) is 3.69. The molecule has 0 aromatic rings. The summed E-state index contributed by atoms with van der Waals surface area (Å²) in [5.74, 6) is -0.0358. The summed E-state index contributed by atoms with van der Waals surface area (Å²) < 4.78 is 5.52. The van der Waals surface area contributed by atoms with Crippen molar-refractivity contribution in [1.29, 1.82) is 0 Å². The summed E-state index contributed by atoms with van der Waals surface area (Å²) in [6, 6.07) is -0.627. The summed E-state index contributed by atoms with van der Waals surface area (Å²) in [7, 11) is 0. The minimum absolute atomic E-state index is 0.0236. The van der Waals surface area contributed by atoms with Crippen LogP contribution < -0.4 is 5.32 Å². The van der Waals surface area contributed by atoms with Gasteiger partial charge in [-0.2, -0.15) is 0 Å². The fraction of sp³-hybridized carbons (Fsp3) is 0.929. The topological polar surface area (TPSA) is 95.9 Å². The highest BCUT2D eigenvalue weighted by molar-refractivity contribution is 5.76. The molecule has 1 amide bonds. The van der Waals surface area contributed by atoms with E-state index in [-0.39, 0.29) is 18.5 Å². The molecular weight excluding hydrogens is 1100 g/mol. The van der Waals surface area contributed by atoms with Crippen LogP contribution in [0.3, 0.4) is 0 Å². The Kier molecular flexibility index (Phi) is 78.3. The van der Waals surface area contributed by atoms with Crippen molar-refractivity contribution in [3.63, 3.8) is 0 Å². The summed E-state index contributed by atoms with van der Waals surface area (Å²) in [6.07, 6.45) is 103. The molecule has 0 aromatic carbocycles. The second-order valence-electron chi connectivity index (χ2n) is 28.8. The van der Waals surface area contributed by atoms with E-state index < -0.39 is 12.1 Å². The monoisotopic (exact) mass is 1270 g/mol. The number of ether oxygens (including phenoxy) is 1. The SMILES string of the molecule is CCCCCCCCCCCCCCCCCCCCCCC/C=C/C(O)C(CO)NC(=O)CCCCCCCCCCCCCCCCCCC/C=C\CCCCCCCCCCCCCCOC(=O)CCCCCCCCCCCCCCCCCCC. The number of carbonyl (C=O) groups excluding carboxylic acids is 2. The van der Waals surface area contributed by atoms with Gasteiger partial charge in [0.25, 0.3) is 0 Å². The predicted molar refractivity (Wildman–Crippen MR) is 398 cm³/mol. The fourth-order valence-corrected chi connectivity index (χ4v) is 13.4. The van der Waals surface area contributed by atoms with Crippen molar-refractivity contribution in [3.8, 4) is 0 Å². The molecule has 6 nitrogen and oxygen atoms in total. The highest BCUT2D eigenvalue weighted by Gasteiger charge is 2.18. The smallest absolute Gasteiger partial charge is 0.305 e. The molecule has 0 saturated carbocycles. The first kappa shape index (κ1) is 88.3. The summed E-state index contributed by atoms with van der Waals surface area (Å²) in [4.78, 5) is 24.7. The van der Waals surface area contributed by atoms with Gasteiger partial charge in [-0.15, -0.1) is 0 Å². The van der Waals surface area contributed by atoms with Gasteiger partial charge in [0.05, 0.1) is 25.4 Å². The van der Waals surface area contributed by atoms with Crippen molar-refractivity contribution < 1.29 is 24.5 Å². The molecule has 0 spiro atoms. The maximum atomic E-state index is 12.6. The van der Waals surface area contributed by atoms with Gasteiger partial charge in [-0.1, -0.05) is 430 Å². The second-order valence-corrected chi connectivity index (χ2v) is 28.8. The first-order valence-corrected chi connectivity index (χ1v) is 41.6. The van der Waals surface area contributed by atoms with Crippen LogP contribution in [0.25, 0.3) is 0 Å². The summed E-state index contributed by atoms with van der Waals surface area (Å²) in [5.41, 5.74) is 0. The van der Waals surface area contributed by atoms with E-state index in [4.69, 9.17) is 4.74 Å². The molecule has 0 aliphatic heterocycles. The number of unbranched alkanes of at least 4 members (excludes halogenated alkanes) is 66. The molecule has 534 valence electrons. The van der Waals surface area contributed by atoms with E-state index in [1.165, 1.54) is 411 Å². The fourth-order valence-electron chi connectivity index (χ4n) is 13.4. The Morgan fingerprint density at radius 3 is 0.789 bits per heavy atom. The lowest BCUT2D eigenvalue weighted by Gasteiger charge is -2.20. The molecule has 2 unspecified atom stereocenters. The van der Waals surface area contributed by atoms with E-state index >= 15 is 0 Å². The third-order valence-corrected chi connectivity index (χ3v) is 19.7. The molecule has 0 fully saturated rings. The number of aliphatic hydroxyl groups is 2. The number of carbonyl (C=O) groups is 2. The molecule has 0 bridgehead atoms. The molecule has 0 saturated heterocycles. The maximum Gasteiger partial charge on any atom is 0.305 e. The van der Waals surface area contributed by atoms with Gasteiger partial charge in [0.1, 0.15) is 0 Å². The molecule has 0 aliphatic carbocycles. The van der Waals surface area contributed by atoms with E-state index in [0.29, 0.717) is 19.4 Å². The van der Waals surface area contributed by atoms with Crippen LogP contribution in [0.2, 0.25) is 0 Å². The van der Waals surface area contributed by atoms with Gasteiger partial charge in [-0.3, -0.25) is 9.59 Å². The summed E-state index contributed by atoms with van der Waals surface area (Å²) >= 11 is 0. The number of rotatable bonds is 79. The van der Waals surface area contributed by atoms with Crippen molar-refractivity contribution in [3.05, 3.63) is 24.3 Å². The summed E-state index contributed by atoms with van der Waals surface area (Å²) in [6.45, 7) is 4.97. The van der Waals surface area contributed by atoms with Crippen LogP contribution >= 0.6 is 0 Å². The van der Waals surface area contributed by atoms with Crippen LogP contribution in [0.15, 0.2) is 24.3 Å². The van der Waals surface area contributed by atoms with Crippen molar-refractivity contribution in [1.82, 2.24) is 5.32 Å². The van der Waals surface area contributed by atoms with E-state index in [2.05, 4.69) is 31.3 Å². The normalized spacial score (nSPS) is 12.5. The minimum atomic E-state index is -0.844. The number of allylic oxidation sites excluding steroid dienone is 3. The lowest BCUT2D eigenvalue weighted by molar-refractivity contribution is -0.143. The summed E-state index contributed by atoms with van der Waals surface area (Å²) in [5, 5.41) is 23.3. The third-order valence-electron chi connectivity index (χ3n) is 19.7. The Morgan fingerprint density at radius 2 is 0.522 bits per heavy atom. The largest absolute Gasteiger partial charge is 0.466 e. The Labute approximate surface area is 564 Å². The van der Waals surface area contributed by atoms with Crippen LogP contribution in [0.5, 0.6) is 0 Å². The highest BCUT2D eigenvalue weighted by atomic mass is 16.5. The van der Waals surface area contributed by atoms with E-state index in [1.54, 1.807) is 6.08 Å². The minimum Gasteiger partial charge on any atom is -0.466 e. The van der Waals surface area contributed by atoms with Crippen LogP contribution in [0.4, 0.5) is 0 Å². The Morgan fingerprint density at radius 1 is 0.300 bits per heavy atom. The molecule has 0 rings (SSSR count). The number of esters is 1. The maximum absolute atomic E-state index is 12.6. The van der Waals surface area contributed by atoms with Gasteiger partial charge in [0.15, 0.2) is 0 Å². The van der Waals surface area contributed by atoms with Crippen LogP contribution in [-0.2, 0) is 14.3 Å². The molecule has 0 radical (unpaired) electrons. The predicted octanol–water partition coefficient (Wildman–Crippen LogP) is 27.6. The molecule has 3 N–H and O–H groups in total. The molecule has 0 heterocycles. The van der Waals surface area contributed by atoms with Gasteiger partial charge in [-0.25, -0.2) is 0 Å². The van der Waals surface area contributed by atoms with Crippen molar-refractivity contribution in [2.24, 2.45) is 0 Å². The number of amides is 1. The molecule has 90 heavy (non-hydrogen) atoms. The van der Waals surface area contributed by atoms with Gasteiger partial charge >= 0.3 is 5.97 Å². The van der Waals surface area contributed by atoms with E-state index in [0.717, 1.165) is 38.5 Å². The van der Waals surface area contributed by atoms with Crippen molar-refractivity contribution >= 4 is 11.9 Å². The first-order chi connectivity index (χ1) is 44.5. The Balaban J connectivity index is 3.36. The van der Waals surface area contributed by atoms with Crippen LogP contribution in [-0.4, -0.2) is 47.4 Å². The Hall–Kier alpha value is -1.66. The van der Waals surface area contributed by atoms with E-state index in [9.17, 15) is 19.8 Å². The zero-order valence-corrected chi connectivity index (χ0v) is 61.4. The Bertz CT molecular complexity index is 1410. The van der Waals surface area contributed by atoms with Gasteiger partial charge in [-0.05, 0) is 57.8 Å². The second kappa shape index (κ2) is 79.8. The van der Waals surface area contributed by atoms with Gasteiger partial charge < -0.3 is 20.3 Å². The molecule has 0 aliphatic rings. The number of nitrogens with one attached hydrogen (secondary N) is 1. The number of hydrogen-bond acceptors (Lipinski definition) is 5.